The van der Waals surface area contributed by atoms with E-state index >= 15 is 0 Å². The molecule has 1 aliphatic rings. The fourth-order valence-corrected chi connectivity index (χ4v) is 1.49. The largest absolute Gasteiger partial charge is 0.480 e. The Morgan fingerprint density at radius 3 is 2.27 bits per heavy atom. The van der Waals surface area contributed by atoms with Gasteiger partial charge in [0.05, 0.1) is 6.10 Å². The summed E-state index contributed by atoms with van der Waals surface area (Å²) in [5.74, 6) is 0. The summed E-state index contributed by atoms with van der Waals surface area (Å²) in [7, 11) is 0. The molecule has 0 aromatic rings. The maximum Gasteiger partial charge on any atom is 0.316 e. The van der Waals surface area contributed by atoms with E-state index in [1.54, 1.807) is 0 Å². The van der Waals surface area contributed by atoms with Crippen molar-refractivity contribution in [2.45, 2.75) is 38.2 Å². The topological polar surface area (TPSA) is 9.23 Å². The van der Waals surface area contributed by atoms with Crippen LogP contribution in [-0.4, -0.2) is 29.2 Å². The fourth-order valence-electron chi connectivity index (χ4n) is 1.36. The van der Waals surface area contributed by atoms with Crippen molar-refractivity contribution in [2.75, 3.05) is 0 Å². The maximum absolute atomic E-state index is 5.49. The summed E-state index contributed by atoms with van der Waals surface area (Å²) in [6.07, 6.45) is 6.52. The zero-order valence-electron chi connectivity index (χ0n) is 6.11. The first-order valence-electron chi connectivity index (χ1n) is 3.80. The molecule has 1 saturated carbocycles. The molecule has 0 unspecified atom stereocenters. The molecular formula is C8H15ClMgO. The van der Waals surface area contributed by atoms with E-state index in [0.717, 1.165) is 12.8 Å². The highest BCUT2D eigenvalue weighted by Gasteiger charge is 2.13. The second-order valence-corrected chi connectivity index (χ2v) is 3.15. The van der Waals surface area contributed by atoms with Crippen molar-refractivity contribution in [1.82, 2.24) is 0 Å². The van der Waals surface area contributed by atoms with E-state index in [-0.39, 0.29) is 23.1 Å². The average molecular weight is 187 g/mol. The van der Waals surface area contributed by atoms with Crippen LogP contribution in [0.2, 0.25) is 0 Å². The summed E-state index contributed by atoms with van der Waals surface area (Å²) >= 11 is 5.49. The smallest absolute Gasteiger partial charge is 0.316 e. The first kappa shape index (κ1) is 11.6. The van der Waals surface area contributed by atoms with Crippen LogP contribution in [0.15, 0.2) is 11.8 Å². The van der Waals surface area contributed by atoms with Crippen LogP contribution in [0.25, 0.3) is 0 Å². The minimum atomic E-state index is 0. The van der Waals surface area contributed by atoms with E-state index in [2.05, 4.69) is 6.58 Å². The molecule has 0 radical (unpaired) electrons. The number of hydrogen-bond acceptors (Lipinski definition) is 1. The molecule has 0 heterocycles. The van der Waals surface area contributed by atoms with Crippen LogP contribution in [0.1, 0.15) is 32.1 Å². The molecular weight excluding hydrogens is 172 g/mol. The van der Waals surface area contributed by atoms with Gasteiger partial charge >= 0.3 is 23.1 Å². The second-order valence-electron chi connectivity index (χ2n) is 2.73. The van der Waals surface area contributed by atoms with E-state index < -0.39 is 0 Å². The van der Waals surface area contributed by atoms with Crippen molar-refractivity contribution in [2.24, 2.45) is 0 Å². The van der Waals surface area contributed by atoms with Gasteiger partial charge in [-0.2, -0.15) is 0 Å². The molecule has 1 rings (SSSR count). The minimum absolute atomic E-state index is 0. The Balaban J connectivity index is 0.000001000. The van der Waals surface area contributed by atoms with Crippen molar-refractivity contribution in [3.05, 3.63) is 11.8 Å². The molecule has 62 valence electrons. The molecule has 3 heteroatoms. The van der Waals surface area contributed by atoms with Crippen LogP contribution >= 0.6 is 11.6 Å². The Morgan fingerprint density at radius 1 is 1.27 bits per heavy atom. The maximum atomic E-state index is 5.49. The molecule has 0 aliphatic heterocycles. The van der Waals surface area contributed by atoms with Gasteiger partial charge in [-0.15, -0.1) is 0 Å². The third kappa shape index (κ3) is 4.93. The van der Waals surface area contributed by atoms with Gasteiger partial charge in [0.25, 0.3) is 0 Å². The van der Waals surface area contributed by atoms with E-state index in [1.165, 1.54) is 19.3 Å². The van der Waals surface area contributed by atoms with Crippen molar-refractivity contribution in [3.8, 4) is 0 Å². The van der Waals surface area contributed by atoms with Gasteiger partial charge in [0.2, 0.25) is 0 Å². The molecule has 0 atom stereocenters. The molecule has 0 saturated heterocycles. The monoisotopic (exact) mass is 186 g/mol. The predicted molar refractivity (Wildman–Crippen MR) is 51.5 cm³/mol. The third-order valence-corrected chi connectivity index (χ3v) is 1.94. The molecule has 1 aliphatic carbocycles. The van der Waals surface area contributed by atoms with E-state index in [4.69, 9.17) is 16.3 Å². The number of hydrogen-bond donors (Lipinski definition) is 0. The summed E-state index contributed by atoms with van der Waals surface area (Å²) in [6, 6.07) is 0. The summed E-state index contributed by atoms with van der Waals surface area (Å²) in [5.41, 5.74) is 0. The SMILES string of the molecule is C=C(Cl)OC1CCCCC1.[MgH2]. The van der Waals surface area contributed by atoms with Crippen LogP contribution in [-0.2, 0) is 4.74 Å². The number of ether oxygens (including phenoxy) is 1. The molecule has 0 spiro atoms. The van der Waals surface area contributed by atoms with Gasteiger partial charge in [-0.1, -0.05) is 6.42 Å². The Labute approximate surface area is 89.3 Å². The Morgan fingerprint density at radius 2 is 1.82 bits per heavy atom. The number of halogens is 1. The van der Waals surface area contributed by atoms with E-state index in [0.29, 0.717) is 11.3 Å². The lowest BCUT2D eigenvalue weighted by Gasteiger charge is -2.21. The first-order valence-corrected chi connectivity index (χ1v) is 4.18. The highest BCUT2D eigenvalue weighted by Crippen LogP contribution is 2.22. The molecule has 0 aromatic heterocycles. The quantitative estimate of drug-likeness (QED) is 0.475. The molecule has 0 amide bonds. The van der Waals surface area contributed by atoms with Gasteiger partial charge in [-0.3, -0.25) is 0 Å². The predicted octanol–water partition coefficient (Wildman–Crippen LogP) is 2.13. The zero-order valence-corrected chi connectivity index (χ0v) is 6.86. The van der Waals surface area contributed by atoms with Gasteiger partial charge < -0.3 is 4.74 Å². The standard InChI is InChI=1S/C8H13ClO.Mg.2H/c1-7(9)10-8-5-3-2-4-6-8;;;/h8H,1-6H2;;;. The molecule has 11 heavy (non-hydrogen) atoms. The highest BCUT2D eigenvalue weighted by molar-refractivity contribution is 6.27. The summed E-state index contributed by atoms with van der Waals surface area (Å²) < 4.78 is 5.26. The highest BCUT2D eigenvalue weighted by atomic mass is 35.5. The Hall–Kier alpha value is 0.596. The Kier molecular flexibility index (Phi) is 6.48. The lowest BCUT2D eigenvalue weighted by Crippen LogP contribution is -2.14. The molecule has 1 fully saturated rings. The molecule has 0 bridgehead atoms. The summed E-state index contributed by atoms with van der Waals surface area (Å²) in [5, 5.41) is 0.340. The Bertz CT molecular complexity index is 121. The third-order valence-electron chi connectivity index (χ3n) is 1.85. The second kappa shape index (κ2) is 6.15. The molecule has 0 N–H and O–H groups in total. The average Bonchev–Trinajstić information content (AvgIpc) is 1.88. The first-order chi connectivity index (χ1) is 4.79. The van der Waals surface area contributed by atoms with Crippen LogP contribution in [0.5, 0.6) is 0 Å². The molecule has 0 aromatic carbocycles. The minimum Gasteiger partial charge on any atom is -0.480 e. The fraction of sp³-hybridized carbons (Fsp3) is 0.750. The summed E-state index contributed by atoms with van der Waals surface area (Å²) in [4.78, 5) is 0. The van der Waals surface area contributed by atoms with Crippen molar-refractivity contribution in [3.63, 3.8) is 0 Å². The van der Waals surface area contributed by atoms with Crippen LogP contribution in [0.4, 0.5) is 0 Å². The van der Waals surface area contributed by atoms with Gasteiger partial charge in [0, 0.05) is 0 Å². The van der Waals surface area contributed by atoms with Crippen molar-refractivity contribution in [1.29, 1.82) is 0 Å². The van der Waals surface area contributed by atoms with Gasteiger partial charge in [0.15, 0.2) is 5.22 Å². The van der Waals surface area contributed by atoms with Crippen LogP contribution in [0, 0.1) is 0 Å². The lowest BCUT2D eigenvalue weighted by atomic mass is 9.98. The zero-order chi connectivity index (χ0) is 7.40. The molecule has 1 nitrogen and oxygen atoms in total. The van der Waals surface area contributed by atoms with Gasteiger partial charge in [-0.25, -0.2) is 0 Å². The number of rotatable bonds is 2. The van der Waals surface area contributed by atoms with Crippen molar-refractivity contribution >= 4 is 34.7 Å². The summed E-state index contributed by atoms with van der Waals surface area (Å²) in [6.45, 7) is 3.49. The lowest BCUT2D eigenvalue weighted by molar-refractivity contribution is 0.0982. The normalized spacial score (nSPS) is 18.6. The van der Waals surface area contributed by atoms with Crippen molar-refractivity contribution < 1.29 is 4.74 Å². The van der Waals surface area contributed by atoms with E-state index in [1.807, 2.05) is 0 Å². The van der Waals surface area contributed by atoms with Gasteiger partial charge in [-0.05, 0) is 43.9 Å². The van der Waals surface area contributed by atoms with Crippen LogP contribution < -0.4 is 0 Å². The van der Waals surface area contributed by atoms with Gasteiger partial charge in [0.1, 0.15) is 0 Å². The van der Waals surface area contributed by atoms with E-state index in [9.17, 15) is 0 Å². The van der Waals surface area contributed by atoms with Crippen LogP contribution in [0.3, 0.4) is 0 Å².